The standard InChI is InChI=1S/C9H17N3O2/c1-6(10)9(14)12-4-3-8(5-12)11-7(2)13/h6,8H,3-5,10H2,1-2H3,(H,11,13)/t6-,8?/m1/s1. The summed E-state index contributed by atoms with van der Waals surface area (Å²) in [6.45, 7) is 4.43. The van der Waals surface area contributed by atoms with Crippen LogP contribution in [0.5, 0.6) is 0 Å². The molecule has 0 spiro atoms. The number of hydrogen-bond acceptors (Lipinski definition) is 3. The number of likely N-dealkylation sites (tertiary alicyclic amines) is 1. The highest BCUT2D eigenvalue weighted by Gasteiger charge is 2.27. The largest absolute Gasteiger partial charge is 0.352 e. The molecule has 1 unspecified atom stereocenters. The van der Waals surface area contributed by atoms with Crippen molar-refractivity contribution in [2.24, 2.45) is 5.73 Å². The van der Waals surface area contributed by atoms with E-state index in [1.165, 1.54) is 6.92 Å². The lowest BCUT2D eigenvalue weighted by Gasteiger charge is -2.18. The highest BCUT2D eigenvalue weighted by Crippen LogP contribution is 2.09. The van der Waals surface area contributed by atoms with E-state index in [-0.39, 0.29) is 17.9 Å². The molecule has 0 aromatic heterocycles. The molecule has 1 aliphatic rings. The van der Waals surface area contributed by atoms with Gasteiger partial charge in [0.2, 0.25) is 11.8 Å². The van der Waals surface area contributed by atoms with Gasteiger partial charge in [-0.15, -0.1) is 0 Å². The molecule has 5 nitrogen and oxygen atoms in total. The van der Waals surface area contributed by atoms with Crippen LogP contribution in [0, 0.1) is 0 Å². The SMILES string of the molecule is CC(=O)NC1CCN(C(=O)[C@@H](C)N)C1. The summed E-state index contributed by atoms with van der Waals surface area (Å²) in [5.74, 6) is -0.0945. The van der Waals surface area contributed by atoms with Gasteiger partial charge in [0.15, 0.2) is 0 Å². The molecule has 0 bridgehead atoms. The number of nitrogens with one attached hydrogen (secondary N) is 1. The molecule has 1 fully saturated rings. The van der Waals surface area contributed by atoms with Gasteiger partial charge in [0.1, 0.15) is 0 Å². The third-order valence-electron chi connectivity index (χ3n) is 2.30. The molecule has 5 heteroatoms. The second-order valence-corrected chi connectivity index (χ2v) is 3.76. The van der Waals surface area contributed by atoms with E-state index in [1.54, 1.807) is 11.8 Å². The molecule has 1 rings (SSSR count). The summed E-state index contributed by atoms with van der Waals surface area (Å²) in [6.07, 6.45) is 0.818. The van der Waals surface area contributed by atoms with Crippen molar-refractivity contribution in [1.82, 2.24) is 10.2 Å². The van der Waals surface area contributed by atoms with Crippen molar-refractivity contribution in [2.45, 2.75) is 32.4 Å². The number of hydrogen-bond donors (Lipinski definition) is 2. The second kappa shape index (κ2) is 4.41. The molecular weight excluding hydrogens is 182 g/mol. The number of carbonyl (C=O) groups is 2. The topological polar surface area (TPSA) is 75.4 Å². The fourth-order valence-corrected chi connectivity index (χ4v) is 1.65. The molecular formula is C9H17N3O2. The van der Waals surface area contributed by atoms with Crippen molar-refractivity contribution in [3.63, 3.8) is 0 Å². The van der Waals surface area contributed by atoms with Gasteiger partial charge >= 0.3 is 0 Å². The van der Waals surface area contributed by atoms with Gasteiger partial charge in [0.05, 0.1) is 6.04 Å². The van der Waals surface area contributed by atoms with Gasteiger partial charge in [-0.05, 0) is 13.3 Å². The monoisotopic (exact) mass is 199 g/mol. The van der Waals surface area contributed by atoms with E-state index in [4.69, 9.17) is 5.73 Å². The van der Waals surface area contributed by atoms with Crippen LogP contribution in [0.3, 0.4) is 0 Å². The van der Waals surface area contributed by atoms with E-state index in [0.717, 1.165) is 6.42 Å². The van der Waals surface area contributed by atoms with E-state index < -0.39 is 6.04 Å². The minimum absolute atomic E-state index is 0.0437. The molecule has 1 saturated heterocycles. The van der Waals surface area contributed by atoms with E-state index in [0.29, 0.717) is 13.1 Å². The van der Waals surface area contributed by atoms with Crippen molar-refractivity contribution in [3.05, 3.63) is 0 Å². The molecule has 1 heterocycles. The smallest absolute Gasteiger partial charge is 0.239 e. The van der Waals surface area contributed by atoms with Crippen LogP contribution >= 0.6 is 0 Å². The Morgan fingerprint density at radius 1 is 1.57 bits per heavy atom. The van der Waals surface area contributed by atoms with E-state index in [1.807, 2.05) is 0 Å². The first-order chi connectivity index (χ1) is 6.50. The van der Waals surface area contributed by atoms with Crippen LogP contribution in [0.4, 0.5) is 0 Å². The number of carbonyl (C=O) groups excluding carboxylic acids is 2. The zero-order chi connectivity index (χ0) is 10.7. The van der Waals surface area contributed by atoms with Gasteiger partial charge in [-0.3, -0.25) is 9.59 Å². The van der Waals surface area contributed by atoms with Crippen LogP contribution in [-0.4, -0.2) is 41.9 Å². The average molecular weight is 199 g/mol. The van der Waals surface area contributed by atoms with Gasteiger partial charge in [-0.25, -0.2) is 0 Å². The van der Waals surface area contributed by atoms with E-state index in [9.17, 15) is 9.59 Å². The molecule has 1 aliphatic heterocycles. The number of nitrogens with two attached hydrogens (primary N) is 1. The molecule has 80 valence electrons. The summed E-state index contributed by atoms with van der Waals surface area (Å²) in [5.41, 5.74) is 5.48. The first-order valence-corrected chi connectivity index (χ1v) is 4.82. The minimum Gasteiger partial charge on any atom is -0.352 e. The number of nitrogens with zero attached hydrogens (tertiary/aromatic N) is 1. The molecule has 2 amide bonds. The Kier molecular flexibility index (Phi) is 3.46. The van der Waals surface area contributed by atoms with Gasteiger partial charge < -0.3 is 16.0 Å². The fourth-order valence-electron chi connectivity index (χ4n) is 1.65. The molecule has 14 heavy (non-hydrogen) atoms. The summed E-state index contributed by atoms with van der Waals surface area (Å²) in [6, 6.07) is -0.360. The molecule has 0 aromatic rings. The maximum atomic E-state index is 11.5. The Balaban J connectivity index is 2.41. The lowest BCUT2D eigenvalue weighted by Crippen LogP contribution is -2.43. The lowest BCUT2D eigenvalue weighted by atomic mass is 10.2. The normalized spacial score (nSPS) is 23.4. The molecule has 3 N–H and O–H groups in total. The lowest BCUT2D eigenvalue weighted by molar-refractivity contribution is -0.131. The van der Waals surface area contributed by atoms with Crippen LogP contribution in [0.2, 0.25) is 0 Å². The highest BCUT2D eigenvalue weighted by molar-refractivity contribution is 5.81. The fraction of sp³-hybridized carbons (Fsp3) is 0.778. The Morgan fingerprint density at radius 3 is 2.71 bits per heavy atom. The van der Waals surface area contributed by atoms with Gasteiger partial charge in [-0.1, -0.05) is 0 Å². The van der Waals surface area contributed by atoms with Crippen LogP contribution in [0.1, 0.15) is 20.3 Å². The van der Waals surface area contributed by atoms with Crippen molar-refractivity contribution < 1.29 is 9.59 Å². The first-order valence-electron chi connectivity index (χ1n) is 4.82. The summed E-state index contributed by atoms with van der Waals surface area (Å²) >= 11 is 0. The van der Waals surface area contributed by atoms with Crippen LogP contribution < -0.4 is 11.1 Å². The minimum atomic E-state index is -0.453. The Labute approximate surface area is 83.6 Å². The predicted molar refractivity (Wildman–Crippen MR) is 52.5 cm³/mol. The van der Waals surface area contributed by atoms with Crippen LogP contribution in [-0.2, 0) is 9.59 Å². The second-order valence-electron chi connectivity index (χ2n) is 3.76. The number of amides is 2. The van der Waals surface area contributed by atoms with E-state index >= 15 is 0 Å². The van der Waals surface area contributed by atoms with Gasteiger partial charge in [-0.2, -0.15) is 0 Å². The molecule has 2 atom stereocenters. The maximum absolute atomic E-state index is 11.5. The third kappa shape index (κ3) is 2.70. The quantitative estimate of drug-likeness (QED) is 0.603. The molecule has 0 radical (unpaired) electrons. The summed E-state index contributed by atoms with van der Waals surface area (Å²) < 4.78 is 0. The van der Waals surface area contributed by atoms with Gasteiger partial charge in [0, 0.05) is 26.1 Å². The van der Waals surface area contributed by atoms with Crippen molar-refractivity contribution in [3.8, 4) is 0 Å². The average Bonchev–Trinajstić information content (AvgIpc) is 2.50. The van der Waals surface area contributed by atoms with Crippen molar-refractivity contribution in [1.29, 1.82) is 0 Å². The molecule has 0 aromatic carbocycles. The maximum Gasteiger partial charge on any atom is 0.239 e. The summed E-state index contributed by atoms with van der Waals surface area (Å²) in [7, 11) is 0. The predicted octanol–water partition coefficient (Wildman–Crippen LogP) is -0.929. The first kappa shape index (κ1) is 11.0. The Morgan fingerprint density at radius 2 is 2.21 bits per heavy atom. The zero-order valence-corrected chi connectivity index (χ0v) is 8.62. The Bertz CT molecular complexity index is 240. The Hall–Kier alpha value is -1.10. The van der Waals surface area contributed by atoms with E-state index in [2.05, 4.69) is 5.32 Å². The molecule has 0 aliphatic carbocycles. The van der Waals surface area contributed by atoms with Crippen molar-refractivity contribution in [2.75, 3.05) is 13.1 Å². The van der Waals surface area contributed by atoms with Gasteiger partial charge in [0.25, 0.3) is 0 Å². The summed E-state index contributed by atoms with van der Waals surface area (Å²) in [5, 5.41) is 2.79. The van der Waals surface area contributed by atoms with Crippen LogP contribution in [0.15, 0.2) is 0 Å². The number of rotatable bonds is 2. The van der Waals surface area contributed by atoms with Crippen LogP contribution in [0.25, 0.3) is 0 Å². The highest BCUT2D eigenvalue weighted by atomic mass is 16.2. The summed E-state index contributed by atoms with van der Waals surface area (Å²) in [4.78, 5) is 23.9. The molecule has 0 saturated carbocycles. The third-order valence-corrected chi connectivity index (χ3v) is 2.30. The van der Waals surface area contributed by atoms with Crippen molar-refractivity contribution >= 4 is 11.8 Å². The zero-order valence-electron chi connectivity index (χ0n) is 8.62.